The fourth-order valence-electron chi connectivity index (χ4n) is 4.60. The van der Waals surface area contributed by atoms with Gasteiger partial charge in [-0.2, -0.15) is 13.2 Å². The molecule has 1 saturated heterocycles. The Morgan fingerprint density at radius 3 is 2.49 bits per heavy atom. The van der Waals surface area contributed by atoms with E-state index in [9.17, 15) is 35.9 Å². The number of hydrogen-bond donors (Lipinski definition) is 2. The molecule has 0 saturated carbocycles. The van der Waals surface area contributed by atoms with Gasteiger partial charge in [0.25, 0.3) is 17.9 Å². The van der Waals surface area contributed by atoms with E-state index in [-0.39, 0.29) is 31.4 Å². The van der Waals surface area contributed by atoms with Crippen LogP contribution in [0, 0.1) is 5.82 Å². The zero-order chi connectivity index (χ0) is 29.9. The van der Waals surface area contributed by atoms with Gasteiger partial charge in [-0.3, -0.25) is 14.5 Å². The molecule has 41 heavy (non-hydrogen) atoms. The number of nitrogens with two attached hydrogens (primary N) is 1. The first-order valence-corrected chi connectivity index (χ1v) is 12.5. The number of benzene rings is 2. The number of nitrogens with zero attached hydrogens (tertiary/aromatic N) is 3. The number of carbonyl (C=O) groups is 1. The molecular formula is C27H27F6N5O3. The van der Waals surface area contributed by atoms with Crippen LogP contribution in [0.3, 0.4) is 0 Å². The Balaban J connectivity index is 1.84. The molecule has 1 aliphatic rings. The number of amides is 1. The summed E-state index contributed by atoms with van der Waals surface area (Å²) >= 11 is 0. The third kappa shape index (κ3) is 6.65. The topological polar surface area (TPSA) is 92.8 Å². The number of rotatable bonds is 8. The van der Waals surface area contributed by atoms with Crippen molar-refractivity contribution >= 4 is 17.3 Å². The van der Waals surface area contributed by atoms with Crippen LogP contribution in [0.5, 0.6) is 11.5 Å². The van der Waals surface area contributed by atoms with E-state index in [1.54, 1.807) is 7.05 Å². The van der Waals surface area contributed by atoms with Gasteiger partial charge in [0.15, 0.2) is 11.6 Å². The molecule has 2 heterocycles. The number of anilines is 2. The van der Waals surface area contributed by atoms with Crippen molar-refractivity contribution < 1.29 is 35.9 Å². The second kappa shape index (κ2) is 12.2. The maximum atomic E-state index is 14.7. The van der Waals surface area contributed by atoms with Gasteiger partial charge in [-0.1, -0.05) is 12.1 Å². The SMILES string of the molecule is CN1CCN(c2c(NC(=O)c3cccn(CC(F)F)c3=O)ccc(Oc3ccccc3F)c2C(F)(F)F)C[C@H]1CN. The van der Waals surface area contributed by atoms with Crippen LogP contribution < -0.4 is 26.2 Å². The number of carbonyl (C=O) groups excluding carboxylic acids is 1. The summed E-state index contributed by atoms with van der Waals surface area (Å²) in [6, 6.07) is 9.00. The van der Waals surface area contributed by atoms with E-state index >= 15 is 0 Å². The van der Waals surface area contributed by atoms with Gasteiger partial charge in [0.1, 0.15) is 16.9 Å². The summed E-state index contributed by atoms with van der Waals surface area (Å²) in [4.78, 5) is 29.1. The Labute approximate surface area is 230 Å². The lowest BCUT2D eigenvalue weighted by molar-refractivity contribution is -0.138. The van der Waals surface area contributed by atoms with Crippen LogP contribution in [0.2, 0.25) is 0 Å². The smallest absolute Gasteiger partial charge is 0.422 e. The molecule has 1 fully saturated rings. The van der Waals surface area contributed by atoms with Crippen LogP contribution in [0.25, 0.3) is 0 Å². The summed E-state index contributed by atoms with van der Waals surface area (Å²) in [7, 11) is 1.78. The van der Waals surface area contributed by atoms with Gasteiger partial charge in [-0.25, -0.2) is 13.2 Å². The Morgan fingerprint density at radius 2 is 1.83 bits per heavy atom. The number of aromatic nitrogens is 1. The minimum absolute atomic E-state index is 0.0502. The number of nitrogens with one attached hydrogen (secondary N) is 1. The third-order valence-electron chi connectivity index (χ3n) is 6.69. The number of para-hydroxylation sites is 1. The fraction of sp³-hybridized carbons (Fsp3) is 0.333. The first-order valence-electron chi connectivity index (χ1n) is 12.5. The van der Waals surface area contributed by atoms with Gasteiger partial charge >= 0.3 is 6.18 Å². The minimum atomic E-state index is -5.03. The number of alkyl halides is 5. The highest BCUT2D eigenvalue weighted by Gasteiger charge is 2.42. The third-order valence-corrected chi connectivity index (χ3v) is 6.69. The number of pyridine rings is 1. The zero-order valence-corrected chi connectivity index (χ0v) is 21.8. The molecule has 0 aliphatic carbocycles. The molecule has 1 aliphatic heterocycles. The maximum absolute atomic E-state index is 14.7. The first kappa shape index (κ1) is 29.9. The van der Waals surface area contributed by atoms with Crippen molar-refractivity contribution in [2.45, 2.75) is 25.2 Å². The van der Waals surface area contributed by atoms with E-state index in [4.69, 9.17) is 10.5 Å². The molecule has 3 aromatic rings. The summed E-state index contributed by atoms with van der Waals surface area (Å²) in [6.45, 7) is -0.340. The van der Waals surface area contributed by atoms with Gasteiger partial charge in [-0.15, -0.1) is 0 Å². The first-order chi connectivity index (χ1) is 19.4. The van der Waals surface area contributed by atoms with E-state index in [0.29, 0.717) is 11.1 Å². The molecule has 1 aromatic heterocycles. The van der Waals surface area contributed by atoms with Crippen molar-refractivity contribution in [2.75, 3.05) is 43.4 Å². The molecule has 2 aromatic carbocycles. The Hall–Kier alpha value is -4.04. The van der Waals surface area contributed by atoms with Crippen LogP contribution in [-0.4, -0.2) is 61.1 Å². The molecule has 14 heteroatoms. The molecule has 0 bridgehead atoms. The highest BCUT2D eigenvalue weighted by atomic mass is 19.4. The van der Waals surface area contributed by atoms with Gasteiger partial charge in [0.05, 0.1) is 17.9 Å². The van der Waals surface area contributed by atoms with Crippen molar-refractivity contribution in [3.05, 3.63) is 82.0 Å². The maximum Gasteiger partial charge on any atom is 0.422 e. The Morgan fingerprint density at radius 1 is 1.10 bits per heavy atom. The molecule has 0 unspecified atom stereocenters. The Kier molecular flexibility index (Phi) is 8.92. The van der Waals surface area contributed by atoms with Crippen LogP contribution in [0.15, 0.2) is 59.5 Å². The highest BCUT2D eigenvalue weighted by molar-refractivity contribution is 6.06. The fourth-order valence-corrected chi connectivity index (χ4v) is 4.60. The molecular weight excluding hydrogens is 556 g/mol. The van der Waals surface area contributed by atoms with E-state index in [1.165, 1.54) is 29.2 Å². The molecule has 0 radical (unpaired) electrons. The quantitative estimate of drug-likeness (QED) is 0.382. The van der Waals surface area contributed by atoms with Gasteiger partial charge in [0.2, 0.25) is 0 Å². The average molecular weight is 584 g/mol. The van der Waals surface area contributed by atoms with Crippen molar-refractivity contribution in [1.82, 2.24) is 9.47 Å². The van der Waals surface area contributed by atoms with Crippen molar-refractivity contribution in [2.24, 2.45) is 5.73 Å². The summed E-state index contributed by atoms with van der Waals surface area (Å²) in [5.41, 5.74) is 2.22. The minimum Gasteiger partial charge on any atom is -0.454 e. The molecule has 220 valence electrons. The van der Waals surface area contributed by atoms with Crippen molar-refractivity contribution in [3.8, 4) is 11.5 Å². The molecule has 1 amide bonds. The highest BCUT2D eigenvalue weighted by Crippen LogP contribution is 2.48. The van der Waals surface area contributed by atoms with Crippen molar-refractivity contribution in [3.63, 3.8) is 0 Å². The zero-order valence-electron chi connectivity index (χ0n) is 21.8. The monoisotopic (exact) mass is 583 g/mol. The summed E-state index contributed by atoms with van der Waals surface area (Å²) in [5, 5.41) is 2.35. The lowest BCUT2D eigenvalue weighted by Crippen LogP contribution is -2.54. The number of likely N-dealkylation sites (N-methyl/N-ethyl adjacent to an activating group) is 1. The number of ether oxygens (including phenoxy) is 1. The lowest BCUT2D eigenvalue weighted by Gasteiger charge is -2.41. The van der Waals surface area contributed by atoms with Crippen LogP contribution in [0.1, 0.15) is 15.9 Å². The predicted octanol–water partition coefficient (Wildman–Crippen LogP) is 4.40. The summed E-state index contributed by atoms with van der Waals surface area (Å²) in [5.74, 6) is -3.13. The lowest BCUT2D eigenvalue weighted by atomic mass is 10.0. The second-order valence-corrected chi connectivity index (χ2v) is 9.41. The summed E-state index contributed by atoms with van der Waals surface area (Å²) in [6.07, 6.45) is -6.83. The second-order valence-electron chi connectivity index (χ2n) is 9.41. The average Bonchev–Trinajstić information content (AvgIpc) is 2.91. The molecule has 0 spiro atoms. The Bertz CT molecular complexity index is 1460. The molecule has 3 N–H and O–H groups in total. The van der Waals surface area contributed by atoms with E-state index in [2.05, 4.69) is 5.32 Å². The molecule has 8 nitrogen and oxygen atoms in total. The van der Waals surface area contributed by atoms with E-state index in [1.807, 2.05) is 4.90 Å². The van der Waals surface area contributed by atoms with Crippen LogP contribution in [-0.2, 0) is 12.7 Å². The molecule has 4 rings (SSSR count). The number of hydrogen-bond acceptors (Lipinski definition) is 6. The van der Waals surface area contributed by atoms with E-state index in [0.717, 1.165) is 30.5 Å². The van der Waals surface area contributed by atoms with Gasteiger partial charge < -0.3 is 25.3 Å². The predicted molar refractivity (Wildman–Crippen MR) is 140 cm³/mol. The number of piperazine rings is 1. The van der Waals surface area contributed by atoms with Gasteiger partial charge in [-0.05, 0) is 43.4 Å². The summed E-state index contributed by atoms with van der Waals surface area (Å²) < 4.78 is 90.3. The van der Waals surface area contributed by atoms with Gasteiger partial charge in [0, 0.05) is 38.4 Å². The van der Waals surface area contributed by atoms with Crippen LogP contribution >= 0.6 is 0 Å². The van der Waals surface area contributed by atoms with Crippen LogP contribution in [0.4, 0.5) is 37.7 Å². The normalized spacial score (nSPS) is 16.2. The standard InChI is InChI=1S/C27H27F6N5O3/c1-36-11-12-37(14-16(36)13-34)24-19(35-25(39)17-5-4-10-38(26(17)40)15-22(29)30)8-9-21(23(24)27(31,32)33)41-20-7-3-2-6-18(20)28/h2-10,16,22H,11-15,34H2,1H3,(H,35,39)/t16-/m1/s1. The van der Waals surface area contributed by atoms with Crippen molar-refractivity contribution in [1.29, 1.82) is 0 Å². The molecule has 1 atom stereocenters. The van der Waals surface area contributed by atoms with E-state index < -0.39 is 64.7 Å². The number of halogens is 6. The largest absolute Gasteiger partial charge is 0.454 e.